The highest BCUT2D eigenvalue weighted by Crippen LogP contribution is 2.64. The zero-order valence-corrected chi connectivity index (χ0v) is 19.4. The van der Waals surface area contributed by atoms with Crippen molar-refractivity contribution in [3.8, 4) is 0 Å². The molecule has 0 saturated heterocycles. The van der Waals surface area contributed by atoms with Gasteiger partial charge in [-0.3, -0.25) is 4.79 Å². The van der Waals surface area contributed by atoms with Gasteiger partial charge in [0.15, 0.2) is 0 Å². The lowest BCUT2D eigenvalue weighted by atomic mass is 9.47. The van der Waals surface area contributed by atoms with Crippen LogP contribution in [0.15, 0.2) is 42.0 Å². The Hall–Kier alpha value is -2.08. The predicted molar refractivity (Wildman–Crippen MR) is 121 cm³/mol. The van der Waals surface area contributed by atoms with Crippen molar-refractivity contribution in [2.45, 2.75) is 64.3 Å². The van der Waals surface area contributed by atoms with E-state index in [4.69, 9.17) is 0 Å². The fourth-order valence-electron chi connectivity index (χ4n) is 7.84. The Morgan fingerprint density at radius 2 is 1.91 bits per heavy atom. The van der Waals surface area contributed by atoms with Crippen molar-refractivity contribution in [1.82, 2.24) is 4.90 Å². The number of benzene rings is 1. The van der Waals surface area contributed by atoms with Gasteiger partial charge < -0.3 is 10.0 Å². The fourth-order valence-corrected chi connectivity index (χ4v) is 7.84. The second kappa shape index (κ2) is 7.46. The lowest BCUT2D eigenvalue weighted by Gasteiger charge is -2.60. The molecule has 0 aromatic heterocycles. The third-order valence-electron chi connectivity index (χ3n) is 9.48. The van der Waals surface area contributed by atoms with Gasteiger partial charge in [0.1, 0.15) is 0 Å². The number of aliphatic hydroxyl groups excluding tert-OH is 1. The summed E-state index contributed by atoms with van der Waals surface area (Å²) in [5, 5.41) is 10.8. The first kappa shape index (κ1) is 22.7. The van der Waals surface area contributed by atoms with Crippen LogP contribution in [-0.2, 0) is 11.0 Å². The molecule has 4 aliphatic rings. The van der Waals surface area contributed by atoms with Crippen LogP contribution in [0.4, 0.5) is 13.2 Å². The Morgan fingerprint density at radius 3 is 2.64 bits per heavy atom. The van der Waals surface area contributed by atoms with Crippen molar-refractivity contribution in [3.63, 3.8) is 0 Å². The predicted octanol–water partition coefficient (Wildman–Crippen LogP) is 5.70. The highest BCUT2D eigenvalue weighted by Gasteiger charge is 2.61. The van der Waals surface area contributed by atoms with Crippen LogP contribution < -0.4 is 0 Å². The molecule has 1 aliphatic heterocycles. The normalized spacial score (nSPS) is 41.7. The lowest BCUT2D eigenvalue weighted by Crippen LogP contribution is -2.60. The molecule has 1 aromatic rings. The zero-order chi connectivity index (χ0) is 23.8. The molecule has 6 heteroatoms. The molecule has 33 heavy (non-hydrogen) atoms. The molecule has 1 amide bonds. The van der Waals surface area contributed by atoms with E-state index in [0.717, 1.165) is 43.7 Å². The summed E-state index contributed by atoms with van der Waals surface area (Å²) in [6.45, 7) is 4.42. The number of halogens is 3. The molecule has 3 nitrogen and oxygen atoms in total. The first-order valence-corrected chi connectivity index (χ1v) is 12.0. The number of fused-ring (bicyclic) bond motifs is 5. The van der Waals surface area contributed by atoms with Crippen LogP contribution in [0.3, 0.4) is 0 Å². The molecule has 5 rings (SSSR count). The second-order valence-electron chi connectivity index (χ2n) is 11.1. The highest BCUT2D eigenvalue weighted by atomic mass is 19.4. The van der Waals surface area contributed by atoms with E-state index in [0.29, 0.717) is 23.3 Å². The summed E-state index contributed by atoms with van der Waals surface area (Å²) in [6, 6.07) is 5.26. The number of amides is 1. The van der Waals surface area contributed by atoms with Crippen molar-refractivity contribution < 1.29 is 23.1 Å². The number of likely N-dealkylation sites (N-methyl/N-ethyl adjacent to an activating group) is 1. The van der Waals surface area contributed by atoms with Crippen LogP contribution in [0, 0.1) is 28.6 Å². The molecule has 178 valence electrons. The second-order valence-corrected chi connectivity index (χ2v) is 11.1. The smallest absolute Gasteiger partial charge is 0.393 e. The summed E-state index contributed by atoms with van der Waals surface area (Å²) in [5.74, 6) is 1.02. The van der Waals surface area contributed by atoms with E-state index in [1.807, 2.05) is 6.08 Å². The Bertz CT molecular complexity index is 1030. The van der Waals surface area contributed by atoms with Crippen LogP contribution >= 0.6 is 0 Å². The molecular weight excluding hydrogens is 427 g/mol. The van der Waals surface area contributed by atoms with E-state index < -0.39 is 11.7 Å². The molecule has 0 bridgehead atoms. The standard InChI is InChI=1S/C27H32F3NO2/c1-25-11-9-21-19(20(25)7-8-22(25)32)15-17(24-26(21,2)12-10-23(33)31(24)3)13-16-5-4-6-18(14-16)27(28,29)30/h4-6,10,12-14,19-22,24,32H,7-9,11,15H2,1-3H3/t19-,20-,21+,22?,24?,25-,26+/m0/s1. The number of hydrogen-bond acceptors (Lipinski definition) is 2. The molecule has 0 radical (unpaired) electrons. The van der Waals surface area contributed by atoms with Crippen molar-refractivity contribution in [1.29, 1.82) is 0 Å². The summed E-state index contributed by atoms with van der Waals surface area (Å²) in [7, 11) is 1.81. The molecule has 3 saturated carbocycles. The molecule has 1 N–H and O–H groups in total. The van der Waals surface area contributed by atoms with Gasteiger partial charge in [-0.1, -0.05) is 38.1 Å². The maximum Gasteiger partial charge on any atom is 0.416 e. The summed E-state index contributed by atoms with van der Waals surface area (Å²) < 4.78 is 40.0. The first-order valence-electron chi connectivity index (χ1n) is 12.0. The first-order chi connectivity index (χ1) is 15.4. The molecule has 3 fully saturated rings. The van der Waals surface area contributed by atoms with Crippen LogP contribution in [0.2, 0.25) is 0 Å². The summed E-state index contributed by atoms with van der Waals surface area (Å²) in [5.41, 5.74) is 0.482. The number of alkyl halides is 3. The Morgan fingerprint density at radius 1 is 1.15 bits per heavy atom. The maximum atomic E-state index is 13.3. The Labute approximate surface area is 193 Å². The maximum absolute atomic E-state index is 13.3. The molecule has 2 unspecified atom stereocenters. The number of carbonyl (C=O) groups excluding carboxylic acids is 1. The van der Waals surface area contributed by atoms with E-state index in [2.05, 4.69) is 19.9 Å². The Balaban J connectivity index is 1.61. The average Bonchev–Trinajstić information content (AvgIpc) is 3.05. The minimum absolute atomic E-state index is 0.0668. The number of nitrogens with zero attached hydrogens (tertiary/aromatic N) is 1. The van der Waals surface area contributed by atoms with Crippen molar-refractivity contribution in [2.75, 3.05) is 7.05 Å². The van der Waals surface area contributed by atoms with Crippen molar-refractivity contribution >= 4 is 12.0 Å². The summed E-state index contributed by atoms with van der Waals surface area (Å²) >= 11 is 0. The van der Waals surface area contributed by atoms with Crippen molar-refractivity contribution in [3.05, 3.63) is 53.1 Å². The fraction of sp³-hybridized carbons (Fsp3) is 0.593. The SMILES string of the molecule is CN1C(=O)C=C[C@@]2(C)C1C(=Cc1cccc(C(F)(F)F)c1)C[C@@H]1[C@H]2CC[C@]2(C)C(O)CC[C@@H]12. The number of hydrogen-bond donors (Lipinski definition) is 1. The van der Waals surface area contributed by atoms with Crippen LogP contribution in [0.25, 0.3) is 6.08 Å². The largest absolute Gasteiger partial charge is 0.416 e. The van der Waals surface area contributed by atoms with E-state index in [9.17, 15) is 23.1 Å². The third kappa shape index (κ3) is 3.39. The van der Waals surface area contributed by atoms with Crippen LogP contribution in [-0.4, -0.2) is 35.1 Å². The van der Waals surface area contributed by atoms with Gasteiger partial charge in [-0.15, -0.1) is 0 Å². The van der Waals surface area contributed by atoms with Gasteiger partial charge in [0, 0.05) is 12.5 Å². The van der Waals surface area contributed by atoms with E-state index in [1.54, 1.807) is 24.1 Å². The number of carbonyl (C=O) groups is 1. The van der Waals surface area contributed by atoms with Gasteiger partial charge in [-0.2, -0.15) is 13.2 Å². The zero-order valence-electron chi connectivity index (χ0n) is 19.4. The van der Waals surface area contributed by atoms with Gasteiger partial charge in [0.2, 0.25) is 5.91 Å². The summed E-state index contributed by atoms with van der Waals surface area (Å²) in [6.07, 6.45) is 5.42. The van der Waals surface area contributed by atoms with E-state index >= 15 is 0 Å². The monoisotopic (exact) mass is 459 g/mol. The van der Waals surface area contributed by atoms with Gasteiger partial charge >= 0.3 is 6.18 Å². The molecule has 1 heterocycles. The van der Waals surface area contributed by atoms with E-state index in [-0.39, 0.29) is 28.9 Å². The highest BCUT2D eigenvalue weighted by molar-refractivity contribution is 5.89. The molecule has 3 aliphatic carbocycles. The van der Waals surface area contributed by atoms with Crippen LogP contribution in [0.1, 0.15) is 57.1 Å². The van der Waals surface area contributed by atoms with Gasteiger partial charge in [-0.25, -0.2) is 0 Å². The minimum Gasteiger partial charge on any atom is -0.393 e. The molecule has 1 aromatic carbocycles. The quantitative estimate of drug-likeness (QED) is 0.585. The Kier molecular flexibility index (Phi) is 5.13. The minimum atomic E-state index is -4.40. The molecule has 0 spiro atoms. The molecule has 7 atom stereocenters. The van der Waals surface area contributed by atoms with Gasteiger partial charge in [-0.05, 0) is 84.6 Å². The molecular formula is C27H32F3NO2. The summed E-state index contributed by atoms with van der Waals surface area (Å²) in [4.78, 5) is 14.4. The number of aliphatic hydroxyl groups is 1. The van der Waals surface area contributed by atoms with Gasteiger partial charge in [0.05, 0.1) is 17.7 Å². The average molecular weight is 460 g/mol. The van der Waals surface area contributed by atoms with Crippen molar-refractivity contribution in [2.24, 2.45) is 28.6 Å². The third-order valence-corrected chi connectivity index (χ3v) is 9.48. The topological polar surface area (TPSA) is 40.5 Å². The number of rotatable bonds is 1. The lowest BCUT2D eigenvalue weighted by molar-refractivity contribution is -0.137. The van der Waals surface area contributed by atoms with Crippen LogP contribution in [0.5, 0.6) is 0 Å². The van der Waals surface area contributed by atoms with Gasteiger partial charge in [0.25, 0.3) is 0 Å². The van der Waals surface area contributed by atoms with E-state index in [1.165, 1.54) is 12.1 Å².